The van der Waals surface area contributed by atoms with E-state index >= 15 is 0 Å². The molecular weight excluding hydrogens is 534 g/mol. The normalized spacial score (nSPS) is 11.5. The quantitative estimate of drug-likeness (QED) is 0.263. The van der Waals surface area contributed by atoms with Crippen molar-refractivity contribution in [1.29, 1.82) is 0 Å². The largest absolute Gasteiger partial charge is 0.416 e. The number of benzene rings is 3. The van der Waals surface area contributed by atoms with Gasteiger partial charge in [0.15, 0.2) is 0 Å². The molecule has 1 heterocycles. The average Bonchev–Trinajstić information content (AvgIpc) is 3.15. The second-order valence-corrected chi connectivity index (χ2v) is 9.45. The van der Waals surface area contributed by atoms with E-state index in [4.69, 9.17) is 23.2 Å². The molecule has 0 aliphatic rings. The summed E-state index contributed by atoms with van der Waals surface area (Å²) in [6.07, 6.45) is -1.20. The summed E-state index contributed by atoms with van der Waals surface area (Å²) >= 11 is 13.9. The highest BCUT2D eigenvalue weighted by atomic mass is 35.5. The predicted octanol–water partition coefficient (Wildman–Crippen LogP) is 6.99. The third-order valence-corrected chi connectivity index (χ3v) is 6.60. The molecule has 0 fully saturated rings. The van der Waals surface area contributed by atoms with Crippen LogP contribution in [0, 0.1) is 0 Å². The monoisotopic (exact) mass is 551 g/mol. The summed E-state index contributed by atoms with van der Waals surface area (Å²) in [6.45, 7) is 0.00202. The summed E-state index contributed by atoms with van der Waals surface area (Å²) in [7, 11) is 0. The van der Waals surface area contributed by atoms with E-state index < -0.39 is 23.2 Å². The van der Waals surface area contributed by atoms with Gasteiger partial charge in [-0.3, -0.25) is 14.3 Å². The van der Waals surface area contributed by atoms with Crippen LogP contribution in [0.4, 0.5) is 18.9 Å². The van der Waals surface area contributed by atoms with E-state index in [1.807, 2.05) is 18.4 Å². The summed E-state index contributed by atoms with van der Waals surface area (Å²) in [4.78, 5) is 27.4. The van der Waals surface area contributed by atoms with Gasteiger partial charge < -0.3 is 5.32 Å². The number of alkyl halides is 3. The van der Waals surface area contributed by atoms with Gasteiger partial charge in [-0.2, -0.15) is 13.2 Å². The summed E-state index contributed by atoms with van der Waals surface area (Å²) < 4.78 is 41.5. The van der Waals surface area contributed by atoms with Gasteiger partial charge in [-0.1, -0.05) is 35.3 Å². The van der Waals surface area contributed by atoms with Crippen molar-refractivity contribution in [3.63, 3.8) is 0 Å². The number of thioether (sulfide) groups is 1. The number of aromatic nitrogens is 2. The highest BCUT2D eigenvalue weighted by Gasteiger charge is 2.30. The summed E-state index contributed by atoms with van der Waals surface area (Å²) in [5, 5.41) is 3.21. The third kappa shape index (κ3) is 5.64. The van der Waals surface area contributed by atoms with E-state index in [2.05, 4.69) is 5.32 Å². The molecule has 4 aromatic rings. The van der Waals surface area contributed by atoms with E-state index in [-0.39, 0.29) is 22.8 Å². The lowest BCUT2D eigenvalue weighted by atomic mass is 10.1. The molecule has 1 N–H and O–H groups in total. The zero-order valence-corrected chi connectivity index (χ0v) is 21.0. The van der Waals surface area contributed by atoms with Crippen LogP contribution in [-0.4, -0.2) is 21.5 Å². The van der Waals surface area contributed by atoms with Gasteiger partial charge in [0.2, 0.25) is 0 Å². The zero-order chi connectivity index (χ0) is 26.0. The van der Waals surface area contributed by atoms with Gasteiger partial charge in [-0.15, -0.1) is 11.8 Å². The number of hydrogen-bond donors (Lipinski definition) is 1. The Morgan fingerprint density at radius 1 is 1.00 bits per heavy atom. The Hall–Kier alpha value is -3.14. The number of rotatable bonds is 6. The van der Waals surface area contributed by atoms with Crippen LogP contribution in [0.2, 0.25) is 10.0 Å². The van der Waals surface area contributed by atoms with Crippen molar-refractivity contribution in [3.05, 3.63) is 110 Å². The highest BCUT2D eigenvalue weighted by molar-refractivity contribution is 7.98. The molecule has 11 heteroatoms. The Morgan fingerprint density at radius 3 is 2.25 bits per heavy atom. The second-order valence-electron chi connectivity index (χ2n) is 7.73. The molecule has 186 valence electrons. The van der Waals surface area contributed by atoms with Gasteiger partial charge in [0, 0.05) is 21.8 Å². The van der Waals surface area contributed by atoms with Gasteiger partial charge in [0.1, 0.15) is 5.56 Å². The van der Waals surface area contributed by atoms with Crippen molar-refractivity contribution < 1.29 is 18.0 Å². The average molecular weight is 552 g/mol. The Labute approximate surface area is 218 Å². The van der Waals surface area contributed by atoms with Gasteiger partial charge >= 0.3 is 6.18 Å². The molecule has 5 nitrogen and oxygen atoms in total. The van der Waals surface area contributed by atoms with Crippen LogP contribution < -0.4 is 10.9 Å². The zero-order valence-electron chi connectivity index (χ0n) is 18.6. The maximum atomic E-state index is 13.4. The Morgan fingerprint density at radius 2 is 1.67 bits per heavy atom. The lowest BCUT2D eigenvalue weighted by Crippen LogP contribution is -2.26. The smallest absolute Gasteiger partial charge is 0.322 e. The Balaban J connectivity index is 1.74. The molecule has 0 radical (unpaired) electrons. The third-order valence-electron chi connectivity index (χ3n) is 5.31. The van der Waals surface area contributed by atoms with Crippen molar-refractivity contribution in [2.75, 3.05) is 11.6 Å². The molecule has 1 amide bonds. The van der Waals surface area contributed by atoms with Gasteiger partial charge in [-0.05, 0) is 66.4 Å². The van der Waals surface area contributed by atoms with E-state index in [0.29, 0.717) is 16.3 Å². The number of amides is 1. The minimum atomic E-state index is -4.47. The minimum absolute atomic E-state index is 0.00202. The Kier molecular flexibility index (Phi) is 7.54. The fourth-order valence-electron chi connectivity index (χ4n) is 3.52. The number of nitrogens with one attached hydrogen (secondary N) is 1. The number of carbonyl (C=O) groups is 1. The minimum Gasteiger partial charge on any atom is -0.322 e. The number of hydrogen-bond acceptors (Lipinski definition) is 3. The van der Waals surface area contributed by atoms with Crippen LogP contribution in [0.25, 0.3) is 5.69 Å². The number of carbonyl (C=O) groups excluding carboxylic acids is 1. The van der Waals surface area contributed by atoms with Crippen LogP contribution in [0.5, 0.6) is 0 Å². The van der Waals surface area contributed by atoms with Gasteiger partial charge in [-0.25, -0.2) is 4.68 Å². The number of halogens is 5. The first-order valence-corrected chi connectivity index (χ1v) is 12.4. The number of nitrogens with zero attached hydrogens (tertiary/aromatic N) is 2. The lowest BCUT2D eigenvalue weighted by Gasteiger charge is -2.14. The first-order valence-electron chi connectivity index (χ1n) is 10.5. The molecule has 0 unspecified atom stereocenters. The molecule has 0 aliphatic carbocycles. The van der Waals surface area contributed by atoms with Crippen LogP contribution in [-0.2, 0) is 12.7 Å². The second kappa shape index (κ2) is 10.5. The Bertz CT molecular complexity index is 1460. The van der Waals surface area contributed by atoms with Crippen molar-refractivity contribution in [3.8, 4) is 5.69 Å². The molecule has 3 aromatic carbocycles. The van der Waals surface area contributed by atoms with Crippen LogP contribution >= 0.6 is 35.0 Å². The first-order chi connectivity index (χ1) is 17.1. The molecule has 0 spiro atoms. The molecule has 0 saturated heterocycles. The summed E-state index contributed by atoms with van der Waals surface area (Å²) in [5.41, 5.74) is -0.350. The van der Waals surface area contributed by atoms with Crippen molar-refractivity contribution in [2.45, 2.75) is 17.6 Å². The van der Waals surface area contributed by atoms with Crippen LogP contribution in [0.1, 0.15) is 21.5 Å². The van der Waals surface area contributed by atoms with Crippen LogP contribution in [0.15, 0.2) is 82.6 Å². The van der Waals surface area contributed by atoms with Gasteiger partial charge in [0.05, 0.1) is 22.8 Å². The highest BCUT2D eigenvalue weighted by Crippen LogP contribution is 2.29. The van der Waals surface area contributed by atoms with E-state index in [9.17, 15) is 22.8 Å². The van der Waals surface area contributed by atoms with Crippen molar-refractivity contribution in [2.24, 2.45) is 0 Å². The maximum absolute atomic E-state index is 13.4. The lowest BCUT2D eigenvalue weighted by molar-refractivity contribution is -0.137. The van der Waals surface area contributed by atoms with E-state index in [1.165, 1.54) is 45.9 Å². The molecule has 0 atom stereocenters. The van der Waals surface area contributed by atoms with Crippen molar-refractivity contribution in [1.82, 2.24) is 9.36 Å². The van der Waals surface area contributed by atoms with Crippen LogP contribution in [0.3, 0.4) is 0 Å². The van der Waals surface area contributed by atoms with Crippen molar-refractivity contribution >= 4 is 46.6 Å². The topological polar surface area (TPSA) is 56.0 Å². The molecular formula is C25H18Cl2F3N3O2S. The summed E-state index contributed by atoms with van der Waals surface area (Å²) in [5.74, 6) is -0.637. The summed E-state index contributed by atoms with van der Waals surface area (Å²) in [6, 6.07) is 16.2. The van der Waals surface area contributed by atoms with E-state index in [1.54, 1.807) is 23.9 Å². The molecule has 0 bridgehead atoms. The molecule has 36 heavy (non-hydrogen) atoms. The number of anilines is 1. The predicted molar refractivity (Wildman–Crippen MR) is 137 cm³/mol. The van der Waals surface area contributed by atoms with E-state index in [0.717, 1.165) is 17.0 Å². The molecule has 0 aliphatic heterocycles. The fourth-order valence-corrected chi connectivity index (χ4v) is 4.42. The molecule has 4 rings (SSSR count). The molecule has 0 saturated carbocycles. The first kappa shape index (κ1) is 25.9. The SMILES string of the molecule is CSc1ccc(NC(=O)c2cn(Cc3ccc(C(F)(F)F)cc3)n(-c3ccc(Cl)cc3Cl)c2=O)cc1. The fraction of sp³-hybridized carbons (Fsp3) is 0.120. The molecule has 1 aromatic heterocycles. The maximum Gasteiger partial charge on any atom is 0.416 e. The van der Waals surface area contributed by atoms with Gasteiger partial charge in [0.25, 0.3) is 11.5 Å². The standard InChI is InChI=1S/C25H18Cl2F3N3O2S/c1-36-19-9-7-18(8-10-19)31-23(34)20-14-32(13-15-2-4-16(5-3-15)25(28,29)30)33(24(20)35)22-11-6-17(26)12-21(22)27/h2-12,14H,13H2,1H3,(H,31,34).